The molecule has 0 aliphatic carbocycles. The Bertz CT molecular complexity index is 1100. The fraction of sp³-hybridized carbons (Fsp3) is 0.455. The van der Waals surface area contributed by atoms with Crippen LogP contribution in [0.5, 0.6) is 0 Å². The first-order chi connectivity index (χ1) is 14.4. The number of aromatic nitrogens is 4. The molecule has 8 nitrogen and oxygen atoms in total. The number of rotatable bonds is 5. The van der Waals surface area contributed by atoms with Crippen LogP contribution in [0.15, 0.2) is 47.8 Å². The van der Waals surface area contributed by atoms with Gasteiger partial charge in [-0.3, -0.25) is 14.2 Å². The Morgan fingerprint density at radius 1 is 1.17 bits per heavy atom. The molecule has 0 bridgehead atoms. The third-order valence-corrected chi connectivity index (χ3v) is 6.05. The van der Waals surface area contributed by atoms with Crippen LogP contribution in [0.3, 0.4) is 0 Å². The Morgan fingerprint density at radius 3 is 2.57 bits per heavy atom. The van der Waals surface area contributed by atoms with E-state index in [-0.39, 0.29) is 23.9 Å². The topological polar surface area (TPSA) is 93.2 Å². The van der Waals surface area contributed by atoms with Crippen molar-refractivity contribution in [2.45, 2.75) is 44.2 Å². The van der Waals surface area contributed by atoms with Gasteiger partial charge in [0.25, 0.3) is 5.56 Å². The number of aryl methyl sites for hydroxylation is 1. The van der Waals surface area contributed by atoms with Gasteiger partial charge in [-0.2, -0.15) is 0 Å². The number of carbonyl (C=O) groups is 1. The van der Waals surface area contributed by atoms with Gasteiger partial charge in [0.15, 0.2) is 11.2 Å². The third-order valence-electron chi connectivity index (χ3n) is 6.05. The molecule has 1 saturated heterocycles. The van der Waals surface area contributed by atoms with E-state index in [1.54, 1.807) is 17.9 Å². The Balaban J connectivity index is 1.38. The van der Waals surface area contributed by atoms with Crippen molar-refractivity contribution in [2.75, 3.05) is 13.1 Å². The second kappa shape index (κ2) is 8.02. The van der Waals surface area contributed by atoms with Gasteiger partial charge in [0.2, 0.25) is 5.91 Å². The number of aliphatic hydroxyl groups is 1. The lowest BCUT2D eigenvalue weighted by Crippen LogP contribution is -2.49. The minimum Gasteiger partial charge on any atom is -0.388 e. The third kappa shape index (κ3) is 4.00. The summed E-state index contributed by atoms with van der Waals surface area (Å²) in [5, 5.41) is 11.0. The van der Waals surface area contributed by atoms with Crippen LogP contribution in [0, 0.1) is 0 Å². The Morgan fingerprint density at radius 2 is 1.87 bits per heavy atom. The van der Waals surface area contributed by atoms with Crippen molar-refractivity contribution in [1.82, 2.24) is 24.0 Å². The molecule has 1 aromatic carbocycles. The van der Waals surface area contributed by atoms with Crippen LogP contribution in [0.2, 0.25) is 0 Å². The highest BCUT2D eigenvalue weighted by Crippen LogP contribution is 2.26. The number of hydrogen-bond donors (Lipinski definition) is 1. The summed E-state index contributed by atoms with van der Waals surface area (Å²) in [4.78, 5) is 35.6. The molecule has 0 spiro atoms. The van der Waals surface area contributed by atoms with E-state index < -0.39 is 5.60 Å². The molecule has 0 saturated carbocycles. The molecule has 1 aliphatic heterocycles. The Hall–Kier alpha value is -3.00. The minimum atomic E-state index is -1.05. The predicted molar refractivity (Wildman–Crippen MR) is 113 cm³/mol. The number of fused-ring (bicyclic) bond motifs is 1. The smallest absolute Gasteiger partial charge is 0.281 e. The Kier molecular flexibility index (Phi) is 5.42. The van der Waals surface area contributed by atoms with Gasteiger partial charge in [-0.05, 0) is 24.3 Å². The molecule has 1 fully saturated rings. The zero-order chi connectivity index (χ0) is 21.3. The number of amides is 1. The molecule has 1 unspecified atom stereocenters. The number of imidazole rings is 1. The highest BCUT2D eigenvalue weighted by molar-refractivity contribution is 5.77. The fourth-order valence-electron chi connectivity index (χ4n) is 4.09. The van der Waals surface area contributed by atoms with Gasteiger partial charge in [-0.1, -0.05) is 37.3 Å². The molecule has 3 heterocycles. The van der Waals surface area contributed by atoms with Gasteiger partial charge >= 0.3 is 0 Å². The van der Waals surface area contributed by atoms with Crippen molar-refractivity contribution in [3.05, 3.63) is 58.9 Å². The summed E-state index contributed by atoms with van der Waals surface area (Å²) < 4.78 is 3.11. The molecular weight excluding hydrogens is 382 g/mol. The summed E-state index contributed by atoms with van der Waals surface area (Å²) in [6, 6.07) is 10.0. The summed E-state index contributed by atoms with van der Waals surface area (Å²) in [7, 11) is 1.78. The van der Waals surface area contributed by atoms with Gasteiger partial charge in [0, 0.05) is 26.6 Å². The van der Waals surface area contributed by atoms with Gasteiger partial charge in [-0.15, -0.1) is 0 Å². The first kappa shape index (κ1) is 20.3. The summed E-state index contributed by atoms with van der Waals surface area (Å²) in [5.41, 5.74) is 0.665. The van der Waals surface area contributed by atoms with Crippen molar-refractivity contribution in [1.29, 1.82) is 0 Å². The minimum absolute atomic E-state index is 0.0992. The number of hydrogen-bond acceptors (Lipinski definition) is 5. The molecule has 2 aromatic heterocycles. The monoisotopic (exact) mass is 409 g/mol. The summed E-state index contributed by atoms with van der Waals surface area (Å²) >= 11 is 0. The van der Waals surface area contributed by atoms with Crippen molar-refractivity contribution < 1.29 is 9.90 Å². The molecule has 30 heavy (non-hydrogen) atoms. The highest BCUT2D eigenvalue weighted by atomic mass is 16.3. The van der Waals surface area contributed by atoms with Crippen molar-refractivity contribution >= 4 is 17.1 Å². The molecule has 1 atom stereocenters. The van der Waals surface area contributed by atoms with Crippen LogP contribution in [0.1, 0.15) is 37.7 Å². The standard InChI is InChI=1S/C22H27N5O3/c1-16(17-6-4-3-5-7-17)12-18(28)26-10-8-22(30,9-11-26)13-27-15-24-20-19(21(27)29)23-14-25(20)2/h3-7,14-16,30H,8-13H2,1-2H3. The second-order valence-electron chi connectivity index (χ2n) is 8.33. The fourth-order valence-corrected chi connectivity index (χ4v) is 4.09. The zero-order valence-electron chi connectivity index (χ0n) is 17.4. The SMILES string of the molecule is CC(CC(=O)N1CCC(O)(Cn2cnc3c(ncn3C)c2=O)CC1)c1ccccc1. The predicted octanol–water partition coefficient (Wildman–Crippen LogP) is 1.68. The van der Waals surface area contributed by atoms with E-state index >= 15 is 0 Å². The largest absolute Gasteiger partial charge is 0.388 e. The lowest BCUT2D eigenvalue weighted by atomic mass is 9.90. The number of benzene rings is 1. The van der Waals surface area contributed by atoms with E-state index in [0.717, 1.165) is 5.56 Å². The molecule has 1 N–H and O–H groups in total. The lowest BCUT2D eigenvalue weighted by molar-refractivity contribution is -0.136. The van der Waals surface area contributed by atoms with Gasteiger partial charge < -0.3 is 14.6 Å². The maximum absolute atomic E-state index is 12.7. The average Bonchev–Trinajstić information content (AvgIpc) is 3.12. The van der Waals surface area contributed by atoms with Crippen molar-refractivity contribution in [3.63, 3.8) is 0 Å². The van der Waals surface area contributed by atoms with Crippen molar-refractivity contribution in [2.24, 2.45) is 7.05 Å². The van der Waals surface area contributed by atoms with E-state index in [2.05, 4.69) is 16.9 Å². The van der Waals surface area contributed by atoms with Crippen LogP contribution in [-0.2, 0) is 18.4 Å². The summed E-state index contributed by atoms with van der Waals surface area (Å²) in [6.45, 7) is 3.16. The first-order valence-electron chi connectivity index (χ1n) is 10.3. The van der Waals surface area contributed by atoms with Crippen LogP contribution in [-0.4, -0.2) is 53.7 Å². The van der Waals surface area contributed by atoms with E-state index in [9.17, 15) is 14.7 Å². The van der Waals surface area contributed by atoms with Gasteiger partial charge in [0.1, 0.15) is 6.33 Å². The number of carbonyl (C=O) groups excluding carboxylic acids is 1. The van der Waals surface area contributed by atoms with Crippen LogP contribution < -0.4 is 5.56 Å². The highest BCUT2D eigenvalue weighted by Gasteiger charge is 2.35. The van der Waals surface area contributed by atoms with Gasteiger partial charge in [-0.25, -0.2) is 9.97 Å². The maximum Gasteiger partial charge on any atom is 0.281 e. The molecule has 1 aliphatic rings. The van der Waals surface area contributed by atoms with Crippen LogP contribution in [0.4, 0.5) is 0 Å². The molecule has 0 radical (unpaired) electrons. The number of likely N-dealkylation sites (tertiary alicyclic amines) is 1. The Labute approximate surface area is 174 Å². The van der Waals surface area contributed by atoms with E-state index in [0.29, 0.717) is 43.5 Å². The summed E-state index contributed by atoms with van der Waals surface area (Å²) in [6.07, 6.45) is 4.31. The zero-order valence-corrected chi connectivity index (χ0v) is 17.4. The quantitative estimate of drug-likeness (QED) is 0.692. The van der Waals surface area contributed by atoms with Crippen molar-refractivity contribution in [3.8, 4) is 0 Å². The van der Waals surface area contributed by atoms with E-state index in [4.69, 9.17) is 0 Å². The molecule has 8 heteroatoms. The average molecular weight is 409 g/mol. The number of nitrogens with zero attached hydrogens (tertiary/aromatic N) is 5. The lowest BCUT2D eigenvalue weighted by Gasteiger charge is -2.38. The molecule has 158 valence electrons. The van der Waals surface area contributed by atoms with Crippen LogP contribution >= 0.6 is 0 Å². The van der Waals surface area contributed by atoms with E-state index in [1.807, 2.05) is 35.2 Å². The second-order valence-corrected chi connectivity index (χ2v) is 8.33. The molecule has 3 aromatic rings. The normalized spacial score (nSPS) is 17.2. The molecular formula is C22H27N5O3. The van der Waals surface area contributed by atoms with Gasteiger partial charge in [0.05, 0.1) is 18.5 Å². The first-order valence-corrected chi connectivity index (χ1v) is 10.3. The van der Waals surface area contributed by atoms with E-state index in [1.165, 1.54) is 10.9 Å². The van der Waals surface area contributed by atoms with Crippen LogP contribution in [0.25, 0.3) is 11.2 Å². The summed E-state index contributed by atoms with van der Waals surface area (Å²) in [5.74, 6) is 0.247. The maximum atomic E-state index is 12.7. The molecule has 4 rings (SSSR count). The number of piperidine rings is 1. The molecule has 1 amide bonds.